The van der Waals surface area contributed by atoms with Gasteiger partial charge in [-0.25, -0.2) is 9.97 Å². The molecule has 0 aliphatic heterocycles. The van der Waals surface area contributed by atoms with Gasteiger partial charge in [-0.05, 0) is 51.9 Å². The fourth-order valence-corrected chi connectivity index (χ4v) is 3.12. The summed E-state index contributed by atoms with van der Waals surface area (Å²) in [6.07, 6.45) is -1.96. The molecule has 0 aliphatic carbocycles. The van der Waals surface area contributed by atoms with Gasteiger partial charge in [-0.2, -0.15) is 18.2 Å². The molecule has 3 aromatic rings. The zero-order valence-electron chi connectivity index (χ0n) is 14.7. The van der Waals surface area contributed by atoms with Gasteiger partial charge in [0.05, 0.1) is 16.2 Å². The highest BCUT2D eigenvalue weighted by atomic mass is 127. The molecular weight excluding hydrogens is 510 g/mol. The Labute approximate surface area is 177 Å². The van der Waals surface area contributed by atoms with E-state index in [-0.39, 0.29) is 11.1 Å². The van der Waals surface area contributed by atoms with E-state index < -0.39 is 11.9 Å². The summed E-state index contributed by atoms with van der Waals surface area (Å²) in [5.41, 5.74) is 0.355. The van der Waals surface area contributed by atoms with Crippen LogP contribution in [0.1, 0.15) is 11.3 Å². The van der Waals surface area contributed by atoms with Gasteiger partial charge in [0.1, 0.15) is 17.4 Å². The van der Waals surface area contributed by atoms with Gasteiger partial charge in [0.2, 0.25) is 5.28 Å². The third-order valence-electron chi connectivity index (χ3n) is 3.85. The van der Waals surface area contributed by atoms with Gasteiger partial charge in [-0.3, -0.25) is 0 Å². The standard InChI is InChI=1S/C17H14ClF3IN5O/c1-27-8-13(17(19,20)21)25-15(27)10-4-3-9(5-12(10)28-2)6-23-14-11(22)7-24-16(18)26-14/h3-5,7-8H,6H2,1-2H3,(H,23,24,26). The number of benzene rings is 1. The topological polar surface area (TPSA) is 64.9 Å². The SMILES string of the molecule is COc1cc(CNc2nc(Cl)ncc2I)ccc1-c1nc(C(F)(F)F)cn1C. The highest BCUT2D eigenvalue weighted by Gasteiger charge is 2.34. The predicted octanol–water partition coefficient (Wildman–Crippen LogP) is 4.77. The lowest BCUT2D eigenvalue weighted by Gasteiger charge is -2.12. The molecule has 11 heteroatoms. The predicted molar refractivity (Wildman–Crippen MR) is 107 cm³/mol. The summed E-state index contributed by atoms with van der Waals surface area (Å²) in [6.45, 7) is 0.411. The van der Waals surface area contributed by atoms with Gasteiger partial charge < -0.3 is 14.6 Å². The Balaban J connectivity index is 1.87. The molecule has 0 radical (unpaired) electrons. The van der Waals surface area contributed by atoms with Crippen molar-refractivity contribution in [2.45, 2.75) is 12.7 Å². The molecule has 6 nitrogen and oxygen atoms in total. The number of aromatic nitrogens is 4. The average molecular weight is 524 g/mol. The Kier molecular flexibility index (Phi) is 5.98. The lowest BCUT2D eigenvalue weighted by molar-refractivity contribution is -0.140. The molecule has 3 rings (SSSR count). The minimum atomic E-state index is -4.51. The number of hydrogen-bond donors (Lipinski definition) is 1. The van der Waals surface area contributed by atoms with Crippen molar-refractivity contribution < 1.29 is 17.9 Å². The lowest BCUT2D eigenvalue weighted by atomic mass is 10.1. The van der Waals surface area contributed by atoms with Gasteiger partial charge in [-0.15, -0.1) is 0 Å². The van der Waals surface area contributed by atoms with Crippen LogP contribution < -0.4 is 10.1 Å². The molecule has 0 unspecified atom stereocenters. The van der Waals surface area contributed by atoms with Crippen LogP contribution in [-0.4, -0.2) is 26.6 Å². The number of ether oxygens (including phenoxy) is 1. The van der Waals surface area contributed by atoms with Crippen LogP contribution in [0.5, 0.6) is 5.75 Å². The van der Waals surface area contributed by atoms with Gasteiger partial charge in [0.25, 0.3) is 0 Å². The van der Waals surface area contributed by atoms with Gasteiger partial charge in [-0.1, -0.05) is 6.07 Å². The smallest absolute Gasteiger partial charge is 0.434 e. The number of alkyl halides is 3. The minimum Gasteiger partial charge on any atom is -0.496 e. The van der Waals surface area contributed by atoms with E-state index in [2.05, 4.69) is 42.9 Å². The van der Waals surface area contributed by atoms with Crippen LogP contribution in [0.3, 0.4) is 0 Å². The fourth-order valence-electron chi connectivity index (χ4n) is 2.54. The van der Waals surface area contributed by atoms with Gasteiger partial charge in [0, 0.05) is 26.0 Å². The molecule has 2 aromatic heterocycles. The second-order valence-electron chi connectivity index (χ2n) is 5.78. The fraction of sp³-hybridized carbons (Fsp3) is 0.235. The van der Waals surface area contributed by atoms with E-state index in [1.807, 2.05) is 0 Å². The number of rotatable bonds is 5. The van der Waals surface area contributed by atoms with E-state index in [4.69, 9.17) is 16.3 Å². The molecule has 0 aliphatic rings. The van der Waals surface area contributed by atoms with E-state index in [9.17, 15) is 13.2 Å². The van der Waals surface area contributed by atoms with E-state index in [1.165, 1.54) is 18.7 Å². The maximum Gasteiger partial charge on any atom is 0.434 e. The second kappa shape index (κ2) is 8.11. The van der Waals surface area contributed by atoms with E-state index in [0.29, 0.717) is 23.7 Å². The van der Waals surface area contributed by atoms with Gasteiger partial charge >= 0.3 is 6.18 Å². The van der Waals surface area contributed by atoms with E-state index in [0.717, 1.165) is 15.3 Å². The highest BCUT2D eigenvalue weighted by molar-refractivity contribution is 14.1. The zero-order valence-corrected chi connectivity index (χ0v) is 17.6. The first-order valence-corrected chi connectivity index (χ1v) is 9.34. The maximum absolute atomic E-state index is 12.9. The molecule has 0 saturated carbocycles. The molecule has 0 amide bonds. The summed E-state index contributed by atoms with van der Waals surface area (Å²) in [5, 5.41) is 3.28. The van der Waals surface area contributed by atoms with Crippen molar-refractivity contribution in [2.24, 2.45) is 7.05 Å². The Morgan fingerprint density at radius 1 is 1.29 bits per heavy atom. The zero-order chi connectivity index (χ0) is 20.5. The molecule has 0 fully saturated rings. The summed E-state index contributed by atoms with van der Waals surface area (Å²) >= 11 is 7.89. The average Bonchev–Trinajstić information content (AvgIpc) is 3.04. The molecule has 148 valence electrons. The molecule has 1 N–H and O–H groups in total. The summed E-state index contributed by atoms with van der Waals surface area (Å²) in [5.74, 6) is 1.17. The summed E-state index contributed by atoms with van der Waals surface area (Å²) < 4.78 is 46.3. The van der Waals surface area contributed by atoms with Crippen LogP contribution in [0, 0.1) is 3.57 Å². The van der Waals surface area contributed by atoms with Crippen LogP contribution in [0.15, 0.2) is 30.6 Å². The molecule has 2 heterocycles. The van der Waals surface area contributed by atoms with Crippen molar-refractivity contribution in [1.29, 1.82) is 0 Å². The van der Waals surface area contributed by atoms with Crippen LogP contribution in [0.25, 0.3) is 11.4 Å². The normalized spacial score (nSPS) is 11.5. The molecule has 0 saturated heterocycles. The molecule has 1 aromatic carbocycles. The third kappa shape index (κ3) is 4.49. The highest BCUT2D eigenvalue weighted by Crippen LogP contribution is 2.34. The van der Waals surface area contributed by atoms with Crippen molar-refractivity contribution in [3.8, 4) is 17.1 Å². The summed E-state index contributed by atoms with van der Waals surface area (Å²) in [6, 6.07) is 5.19. The lowest BCUT2D eigenvalue weighted by Crippen LogP contribution is -2.05. The largest absolute Gasteiger partial charge is 0.496 e. The van der Waals surface area contributed by atoms with E-state index >= 15 is 0 Å². The van der Waals surface area contributed by atoms with E-state index in [1.54, 1.807) is 24.4 Å². The first-order valence-electron chi connectivity index (χ1n) is 7.89. The first-order chi connectivity index (χ1) is 13.2. The Hall–Kier alpha value is -2.08. The number of halogens is 5. The number of nitrogens with one attached hydrogen (secondary N) is 1. The number of aryl methyl sites for hydroxylation is 1. The number of imidazole rings is 1. The number of nitrogens with zero attached hydrogens (tertiary/aromatic N) is 4. The minimum absolute atomic E-state index is 0.131. The monoisotopic (exact) mass is 523 g/mol. The number of anilines is 1. The van der Waals surface area contributed by atoms with Crippen molar-refractivity contribution >= 4 is 40.0 Å². The molecule has 0 bridgehead atoms. The molecule has 0 atom stereocenters. The maximum atomic E-state index is 12.9. The van der Waals surface area contributed by atoms with Crippen molar-refractivity contribution in [3.63, 3.8) is 0 Å². The Morgan fingerprint density at radius 2 is 2.04 bits per heavy atom. The second-order valence-corrected chi connectivity index (χ2v) is 7.28. The van der Waals surface area contributed by atoms with Crippen LogP contribution in [-0.2, 0) is 19.8 Å². The molecule has 0 spiro atoms. The third-order valence-corrected chi connectivity index (χ3v) is 4.82. The van der Waals surface area contributed by atoms with Crippen molar-refractivity contribution in [3.05, 3.63) is 50.7 Å². The van der Waals surface area contributed by atoms with Crippen LogP contribution in [0.4, 0.5) is 19.0 Å². The van der Waals surface area contributed by atoms with Gasteiger partial charge in [0.15, 0.2) is 5.69 Å². The van der Waals surface area contributed by atoms with Crippen LogP contribution >= 0.6 is 34.2 Å². The first kappa shape index (κ1) is 20.6. The summed E-state index contributed by atoms with van der Waals surface area (Å²) in [4.78, 5) is 11.7. The van der Waals surface area contributed by atoms with Crippen molar-refractivity contribution in [1.82, 2.24) is 19.5 Å². The summed E-state index contributed by atoms with van der Waals surface area (Å²) in [7, 11) is 2.96. The number of methoxy groups -OCH3 is 1. The Morgan fingerprint density at radius 3 is 2.68 bits per heavy atom. The quantitative estimate of drug-likeness (QED) is 0.385. The molecular formula is C17H14ClF3IN5O. The van der Waals surface area contributed by atoms with Crippen LogP contribution in [0.2, 0.25) is 5.28 Å². The van der Waals surface area contributed by atoms with Crippen molar-refractivity contribution in [2.75, 3.05) is 12.4 Å². The molecule has 28 heavy (non-hydrogen) atoms. The number of hydrogen-bond acceptors (Lipinski definition) is 5. The Bertz CT molecular complexity index is 1010.